The molecular formula is C20H25N3O5S. The van der Waals surface area contributed by atoms with E-state index < -0.39 is 14.9 Å². The summed E-state index contributed by atoms with van der Waals surface area (Å²) in [6.07, 6.45) is 2.30. The van der Waals surface area contributed by atoms with Gasteiger partial charge in [0.15, 0.2) is 0 Å². The maximum Gasteiger partial charge on any atom is 0.293 e. The van der Waals surface area contributed by atoms with Gasteiger partial charge in [-0.2, -0.15) is 4.31 Å². The molecule has 0 spiro atoms. The van der Waals surface area contributed by atoms with E-state index in [1.54, 1.807) is 7.11 Å². The molecule has 1 heterocycles. The number of nitrogens with zero attached hydrogens (tertiary/aromatic N) is 2. The lowest BCUT2D eigenvalue weighted by molar-refractivity contribution is -0.384. The van der Waals surface area contributed by atoms with Crippen LogP contribution in [-0.4, -0.2) is 37.8 Å². The average Bonchev–Trinajstić information content (AvgIpc) is 3.28. The molecule has 0 aliphatic carbocycles. The predicted molar refractivity (Wildman–Crippen MR) is 111 cm³/mol. The Kier molecular flexibility index (Phi) is 6.39. The highest BCUT2D eigenvalue weighted by Crippen LogP contribution is 2.33. The molecule has 8 nitrogen and oxygen atoms in total. The molecule has 1 aliphatic heterocycles. The minimum absolute atomic E-state index is 0.0471. The molecule has 0 saturated carbocycles. The van der Waals surface area contributed by atoms with Gasteiger partial charge in [0.1, 0.15) is 11.4 Å². The molecule has 2 aromatic carbocycles. The second kappa shape index (κ2) is 8.79. The Labute approximate surface area is 170 Å². The number of benzene rings is 2. The van der Waals surface area contributed by atoms with Crippen molar-refractivity contribution in [3.63, 3.8) is 0 Å². The first-order valence-electron chi connectivity index (χ1n) is 9.56. The van der Waals surface area contributed by atoms with E-state index in [-0.39, 0.29) is 22.3 Å². The fourth-order valence-electron chi connectivity index (χ4n) is 3.47. The summed E-state index contributed by atoms with van der Waals surface area (Å²) >= 11 is 0. The summed E-state index contributed by atoms with van der Waals surface area (Å²) in [6, 6.07) is 11.4. The van der Waals surface area contributed by atoms with Crippen LogP contribution in [0.15, 0.2) is 47.4 Å². The molecule has 1 fully saturated rings. The average molecular weight is 420 g/mol. The molecule has 3 rings (SSSR count). The molecule has 1 saturated heterocycles. The molecule has 1 N–H and O–H groups in total. The van der Waals surface area contributed by atoms with Crippen LogP contribution in [0.4, 0.5) is 11.4 Å². The van der Waals surface area contributed by atoms with E-state index in [9.17, 15) is 18.5 Å². The van der Waals surface area contributed by atoms with Crippen molar-refractivity contribution in [2.45, 2.75) is 37.1 Å². The number of hydrogen-bond donors (Lipinski definition) is 1. The number of nitro groups is 1. The van der Waals surface area contributed by atoms with Gasteiger partial charge >= 0.3 is 0 Å². The van der Waals surface area contributed by atoms with E-state index in [1.165, 1.54) is 16.4 Å². The smallest absolute Gasteiger partial charge is 0.293 e. The molecule has 0 aromatic heterocycles. The normalized spacial score (nSPS) is 15.8. The highest BCUT2D eigenvalue weighted by atomic mass is 32.2. The number of nitrogens with one attached hydrogen (secondary N) is 1. The first kappa shape index (κ1) is 21.1. The highest BCUT2D eigenvalue weighted by Gasteiger charge is 2.29. The van der Waals surface area contributed by atoms with Gasteiger partial charge in [-0.25, -0.2) is 8.42 Å². The van der Waals surface area contributed by atoms with E-state index in [0.29, 0.717) is 19.5 Å². The predicted octanol–water partition coefficient (Wildman–Crippen LogP) is 3.95. The van der Waals surface area contributed by atoms with Crippen LogP contribution in [-0.2, 0) is 10.0 Å². The Bertz CT molecular complexity index is 970. The van der Waals surface area contributed by atoms with Gasteiger partial charge in [0.25, 0.3) is 5.69 Å². The van der Waals surface area contributed by atoms with Crippen LogP contribution in [0.5, 0.6) is 5.75 Å². The van der Waals surface area contributed by atoms with Crippen LogP contribution in [0.3, 0.4) is 0 Å². The van der Waals surface area contributed by atoms with Crippen LogP contribution in [0.1, 0.15) is 37.8 Å². The maximum absolute atomic E-state index is 12.8. The monoisotopic (exact) mass is 419 g/mol. The number of rotatable bonds is 8. The van der Waals surface area contributed by atoms with E-state index in [2.05, 4.69) is 5.32 Å². The van der Waals surface area contributed by atoms with E-state index in [0.717, 1.165) is 30.2 Å². The maximum atomic E-state index is 12.8. The van der Waals surface area contributed by atoms with Crippen molar-refractivity contribution in [2.75, 3.05) is 25.5 Å². The van der Waals surface area contributed by atoms with Crippen LogP contribution in [0.25, 0.3) is 0 Å². The van der Waals surface area contributed by atoms with Crippen molar-refractivity contribution in [3.8, 4) is 5.75 Å². The number of sulfonamides is 1. The first-order valence-corrected chi connectivity index (χ1v) is 11.0. The SMILES string of the molecule is CC[C@@H](Nc1ccc(S(=O)(=O)N2CCCC2)cc1[N+](=O)[O-])c1ccc(OC)cc1. The third-order valence-corrected chi connectivity index (χ3v) is 7.02. The number of methoxy groups -OCH3 is 1. The second-order valence-electron chi connectivity index (χ2n) is 6.93. The highest BCUT2D eigenvalue weighted by molar-refractivity contribution is 7.89. The largest absolute Gasteiger partial charge is 0.497 e. The van der Waals surface area contributed by atoms with Crippen molar-refractivity contribution in [2.24, 2.45) is 0 Å². The lowest BCUT2D eigenvalue weighted by atomic mass is 10.0. The van der Waals surface area contributed by atoms with Crippen molar-refractivity contribution in [1.82, 2.24) is 4.31 Å². The summed E-state index contributed by atoms with van der Waals surface area (Å²) in [5, 5.41) is 14.8. The first-order chi connectivity index (χ1) is 13.9. The third kappa shape index (κ3) is 4.51. The Morgan fingerprint density at radius 2 is 1.83 bits per heavy atom. The molecule has 9 heteroatoms. The Morgan fingerprint density at radius 1 is 1.17 bits per heavy atom. The minimum Gasteiger partial charge on any atom is -0.497 e. The fraction of sp³-hybridized carbons (Fsp3) is 0.400. The molecule has 0 unspecified atom stereocenters. The van der Waals surface area contributed by atoms with Gasteiger partial charge in [-0.15, -0.1) is 0 Å². The molecule has 0 bridgehead atoms. The number of anilines is 1. The summed E-state index contributed by atoms with van der Waals surface area (Å²) in [5.41, 5.74) is 0.992. The van der Waals surface area contributed by atoms with Crippen LogP contribution in [0.2, 0.25) is 0 Å². The summed E-state index contributed by atoms with van der Waals surface area (Å²) in [5.74, 6) is 0.728. The summed E-state index contributed by atoms with van der Waals surface area (Å²) in [7, 11) is -2.13. The van der Waals surface area contributed by atoms with Crippen molar-refractivity contribution < 1.29 is 18.1 Å². The zero-order chi connectivity index (χ0) is 21.0. The minimum atomic E-state index is -3.72. The van der Waals surface area contributed by atoms with Crippen LogP contribution < -0.4 is 10.1 Å². The molecule has 1 aliphatic rings. The molecule has 0 radical (unpaired) electrons. The molecule has 2 aromatic rings. The molecule has 0 amide bonds. The molecule has 156 valence electrons. The van der Waals surface area contributed by atoms with E-state index in [1.807, 2.05) is 31.2 Å². The molecule has 1 atom stereocenters. The third-order valence-electron chi connectivity index (χ3n) is 5.12. The fourth-order valence-corrected chi connectivity index (χ4v) is 5.01. The van der Waals surface area contributed by atoms with Gasteiger partial charge in [-0.1, -0.05) is 19.1 Å². The van der Waals surface area contributed by atoms with Gasteiger partial charge in [0.05, 0.1) is 23.0 Å². The number of hydrogen-bond acceptors (Lipinski definition) is 6. The van der Waals surface area contributed by atoms with Gasteiger partial charge in [0.2, 0.25) is 10.0 Å². The zero-order valence-electron chi connectivity index (χ0n) is 16.5. The van der Waals surface area contributed by atoms with Crippen LogP contribution in [0, 0.1) is 10.1 Å². The lowest BCUT2D eigenvalue weighted by Gasteiger charge is -2.20. The Balaban J connectivity index is 1.91. The summed E-state index contributed by atoms with van der Waals surface area (Å²) in [6.45, 7) is 2.87. The Morgan fingerprint density at radius 3 is 2.38 bits per heavy atom. The molecular weight excluding hydrogens is 394 g/mol. The molecule has 29 heavy (non-hydrogen) atoms. The standard InChI is InChI=1S/C20H25N3O5S/c1-3-18(15-6-8-16(28-2)9-7-15)21-19-11-10-17(14-20(19)23(24)25)29(26,27)22-12-4-5-13-22/h6-11,14,18,21H,3-5,12-13H2,1-2H3/t18-/m1/s1. The quantitative estimate of drug-likeness (QED) is 0.513. The second-order valence-corrected chi connectivity index (χ2v) is 8.86. The van der Waals surface area contributed by atoms with Gasteiger partial charge < -0.3 is 10.1 Å². The van der Waals surface area contributed by atoms with Crippen molar-refractivity contribution >= 4 is 21.4 Å². The van der Waals surface area contributed by atoms with Gasteiger partial charge in [-0.05, 0) is 49.1 Å². The van der Waals surface area contributed by atoms with Crippen molar-refractivity contribution in [1.29, 1.82) is 0 Å². The summed E-state index contributed by atoms with van der Waals surface area (Å²) < 4.78 is 32.1. The number of nitro benzene ring substituents is 1. The van der Waals surface area contributed by atoms with E-state index in [4.69, 9.17) is 4.74 Å². The number of ether oxygens (including phenoxy) is 1. The van der Waals surface area contributed by atoms with E-state index >= 15 is 0 Å². The zero-order valence-corrected chi connectivity index (χ0v) is 17.3. The van der Waals surface area contributed by atoms with Gasteiger partial charge in [-0.3, -0.25) is 10.1 Å². The van der Waals surface area contributed by atoms with Crippen LogP contribution >= 0.6 is 0 Å². The van der Waals surface area contributed by atoms with Gasteiger partial charge in [0, 0.05) is 19.2 Å². The summed E-state index contributed by atoms with van der Waals surface area (Å²) in [4.78, 5) is 11.1. The lowest BCUT2D eigenvalue weighted by Crippen LogP contribution is -2.27. The Hall–Kier alpha value is -2.65. The topological polar surface area (TPSA) is 102 Å². The van der Waals surface area contributed by atoms with Crippen molar-refractivity contribution in [3.05, 3.63) is 58.1 Å².